The zero-order valence-electron chi connectivity index (χ0n) is 56.5. The van der Waals surface area contributed by atoms with E-state index in [0.717, 1.165) is 167 Å². The first-order chi connectivity index (χ1) is 44.2. The molecule has 0 spiro atoms. The summed E-state index contributed by atoms with van der Waals surface area (Å²) in [5.74, 6) is -1.61. The first kappa shape index (κ1) is 87.0. The van der Waals surface area contributed by atoms with E-state index in [1.807, 2.05) is 0 Å². The van der Waals surface area contributed by atoms with E-state index >= 15 is 0 Å². The predicted octanol–water partition coefficient (Wildman–Crippen LogP) is 19.4. The number of hydrogen-bond acceptors (Lipinski definition) is 14. The van der Waals surface area contributed by atoms with Crippen LogP contribution in [-0.4, -0.2) is 95.9 Å². The first-order valence-electron chi connectivity index (χ1n) is 34.8. The topological polar surface area (TPSA) is 231 Å². The minimum Gasteiger partial charge on any atom is -0.463 e. The third-order valence-electron chi connectivity index (χ3n) is 14.2. The van der Waals surface area contributed by atoms with Crippen LogP contribution in [0.4, 0.5) is 0 Å². The number of carbonyl (C=O) groups excluding carboxylic acids is 3. The van der Waals surface area contributed by atoms with Gasteiger partial charge in [0, 0.05) is 19.3 Å². The van der Waals surface area contributed by atoms with Crippen LogP contribution in [0, 0.1) is 0 Å². The molecule has 0 aliphatic heterocycles. The molecule has 5 unspecified atom stereocenters. The maximum atomic E-state index is 12.9. The number of carbonyl (C=O) groups is 3. The third-order valence-corrected chi connectivity index (χ3v) is 16.1. The van der Waals surface area contributed by atoms with Gasteiger partial charge in [0.05, 0.1) is 26.4 Å². The van der Waals surface area contributed by atoms with E-state index in [2.05, 4.69) is 142 Å². The Labute approximate surface area is 551 Å². The molecule has 16 nitrogen and oxygen atoms in total. The van der Waals surface area contributed by atoms with Crippen molar-refractivity contribution in [3.05, 3.63) is 122 Å². The minimum absolute atomic E-state index is 0.0885. The quantitative estimate of drug-likeness (QED) is 0.0146. The molecule has 0 bridgehead atoms. The summed E-state index contributed by atoms with van der Waals surface area (Å²) >= 11 is 0. The van der Waals surface area contributed by atoms with Gasteiger partial charge in [0.2, 0.25) is 0 Å². The zero-order chi connectivity index (χ0) is 66.7. The highest BCUT2D eigenvalue weighted by Crippen LogP contribution is 2.45. The molecule has 0 fully saturated rings. The monoisotopic (exact) mass is 1320 g/mol. The molecule has 0 radical (unpaired) electrons. The van der Waals surface area contributed by atoms with Crippen LogP contribution in [-0.2, 0) is 55.8 Å². The number of ether oxygens (including phenoxy) is 3. The van der Waals surface area contributed by atoms with Crippen molar-refractivity contribution >= 4 is 33.6 Å². The standard InChI is InChI=1S/C73H124O16P2/c1-4-7-10-13-16-19-22-24-26-28-30-31-32-33-34-35-37-39-40-42-45-47-50-53-56-59-71(76)83-62-68(74)63-85-90(79,80)86-64-69(75)65-87-91(81,82)88-67-70(89-73(78)61-58-55-52-49-44-21-18-15-12-9-6-3)66-84-72(77)60-57-54-51-48-46-43-41-38-36-29-27-25-23-20-17-14-11-8-5-2/h7-8,10-11,15-20,24-27,30-31,33-34,36,38,68-70,74-75H,4-6,9,12-14,21-23,28-29,32,35,37,39-67H2,1-3H3,(H,79,80)(H,81,82)/b10-7-,11-8-,18-15-,19-16-,20-17-,26-24-,27-25-,31-30-,34-33-,38-36-. The average Bonchev–Trinajstić information content (AvgIpc) is 3.54. The van der Waals surface area contributed by atoms with Gasteiger partial charge in [0.1, 0.15) is 25.4 Å². The van der Waals surface area contributed by atoms with Crippen LogP contribution in [0.25, 0.3) is 0 Å². The lowest BCUT2D eigenvalue weighted by molar-refractivity contribution is -0.161. The van der Waals surface area contributed by atoms with Gasteiger partial charge in [-0.3, -0.25) is 32.5 Å². The Hall–Kier alpha value is -4.05. The number of aliphatic hydroxyl groups is 2. The summed E-state index contributed by atoms with van der Waals surface area (Å²) in [6, 6.07) is 0. The smallest absolute Gasteiger partial charge is 0.463 e. The zero-order valence-corrected chi connectivity index (χ0v) is 58.3. The number of aliphatic hydroxyl groups excluding tert-OH is 2. The number of unbranched alkanes of at least 4 members (excludes halogenated alkanes) is 22. The highest BCUT2D eigenvalue weighted by molar-refractivity contribution is 7.47. The largest absolute Gasteiger partial charge is 0.472 e. The van der Waals surface area contributed by atoms with Gasteiger partial charge < -0.3 is 34.2 Å². The Morgan fingerprint density at radius 1 is 0.319 bits per heavy atom. The van der Waals surface area contributed by atoms with Crippen molar-refractivity contribution in [3.8, 4) is 0 Å². The Morgan fingerprint density at radius 2 is 0.582 bits per heavy atom. The molecule has 0 aliphatic rings. The second-order valence-corrected chi connectivity index (χ2v) is 25.8. The van der Waals surface area contributed by atoms with Crippen LogP contribution in [0.5, 0.6) is 0 Å². The van der Waals surface area contributed by atoms with Crippen LogP contribution in [0.2, 0.25) is 0 Å². The van der Waals surface area contributed by atoms with E-state index in [1.165, 1.54) is 38.5 Å². The van der Waals surface area contributed by atoms with E-state index < -0.39 is 91.5 Å². The van der Waals surface area contributed by atoms with E-state index in [-0.39, 0.29) is 19.3 Å². The number of allylic oxidation sites excluding steroid dienone is 20. The Bertz CT molecular complexity index is 2140. The molecule has 0 saturated carbocycles. The molecule has 0 heterocycles. The minimum atomic E-state index is -4.93. The van der Waals surface area contributed by atoms with Gasteiger partial charge in [0.25, 0.3) is 0 Å². The molecule has 18 heteroatoms. The van der Waals surface area contributed by atoms with Crippen molar-refractivity contribution in [2.45, 2.75) is 283 Å². The molecule has 522 valence electrons. The SMILES string of the molecule is CC/C=C\C/C=C\C/C=C\C/C=C\C/C=C\CCCCCCCCCCCC(=O)OCC(O)COP(=O)(O)OCC(O)COP(=O)(O)OCC(COC(=O)CCCCCCCC/C=C\C/C=C\C/C=C\C/C=C\CC)OC(=O)CCCCCCC/C=C\CCCC. The van der Waals surface area contributed by atoms with Crippen LogP contribution >= 0.6 is 15.6 Å². The summed E-state index contributed by atoms with van der Waals surface area (Å²) in [6.45, 7) is 2.36. The van der Waals surface area contributed by atoms with Gasteiger partial charge in [-0.1, -0.05) is 245 Å². The highest BCUT2D eigenvalue weighted by Gasteiger charge is 2.29. The van der Waals surface area contributed by atoms with Gasteiger partial charge in [-0.2, -0.15) is 0 Å². The highest BCUT2D eigenvalue weighted by atomic mass is 31.2. The number of hydrogen-bond donors (Lipinski definition) is 4. The summed E-state index contributed by atoms with van der Waals surface area (Å²) in [7, 11) is -9.78. The lowest BCUT2D eigenvalue weighted by atomic mass is 10.1. The molecular weight excluding hydrogens is 1190 g/mol. The molecule has 0 aromatic carbocycles. The van der Waals surface area contributed by atoms with E-state index in [0.29, 0.717) is 19.3 Å². The fourth-order valence-corrected chi connectivity index (χ4v) is 10.4. The summed E-state index contributed by atoms with van der Waals surface area (Å²) in [4.78, 5) is 58.3. The molecule has 0 aromatic heterocycles. The normalized spacial score (nSPS) is 14.9. The molecular formula is C73H124O16P2. The van der Waals surface area contributed by atoms with Crippen molar-refractivity contribution < 1.29 is 75.8 Å². The van der Waals surface area contributed by atoms with Crippen molar-refractivity contribution in [1.29, 1.82) is 0 Å². The predicted molar refractivity (Wildman–Crippen MR) is 371 cm³/mol. The van der Waals surface area contributed by atoms with Crippen molar-refractivity contribution in [1.82, 2.24) is 0 Å². The Kier molecular flexibility index (Phi) is 63.1. The van der Waals surface area contributed by atoms with Crippen molar-refractivity contribution in [3.63, 3.8) is 0 Å². The molecule has 0 aromatic rings. The Morgan fingerprint density at radius 3 is 0.934 bits per heavy atom. The van der Waals surface area contributed by atoms with Gasteiger partial charge in [0.15, 0.2) is 6.10 Å². The molecule has 4 N–H and O–H groups in total. The number of phosphoric acid groups is 2. The van der Waals surface area contributed by atoms with Crippen molar-refractivity contribution in [2.75, 3.05) is 39.6 Å². The summed E-state index contributed by atoms with van der Waals surface area (Å²) in [5.41, 5.74) is 0. The summed E-state index contributed by atoms with van der Waals surface area (Å²) in [5, 5.41) is 20.5. The lowest BCUT2D eigenvalue weighted by Crippen LogP contribution is -2.30. The van der Waals surface area contributed by atoms with Gasteiger partial charge in [-0.15, -0.1) is 0 Å². The van der Waals surface area contributed by atoms with E-state index in [9.17, 15) is 43.5 Å². The van der Waals surface area contributed by atoms with Crippen LogP contribution in [0.3, 0.4) is 0 Å². The summed E-state index contributed by atoms with van der Waals surface area (Å²) in [6.07, 6.45) is 75.4. The second kappa shape index (κ2) is 66.0. The first-order valence-corrected chi connectivity index (χ1v) is 37.8. The van der Waals surface area contributed by atoms with Crippen LogP contribution < -0.4 is 0 Å². The maximum absolute atomic E-state index is 12.9. The van der Waals surface area contributed by atoms with Crippen molar-refractivity contribution in [2.24, 2.45) is 0 Å². The van der Waals surface area contributed by atoms with Crippen LogP contribution in [0.1, 0.15) is 265 Å². The van der Waals surface area contributed by atoms with E-state index in [1.54, 1.807) is 0 Å². The van der Waals surface area contributed by atoms with Gasteiger partial charge >= 0.3 is 33.6 Å². The molecule has 5 atom stereocenters. The van der Waals surface area contributed by atoms with Gasteiger partial charge in [-0.25, -0.2) is 9.13 Å². The molecule has 0 saturated heterocycles. The van der Waals surface area contributed by atoms with Crippen LogP contribution in [0.15, 0.2) is 122 Å². The molecule has 0 amide bonds. The fourth-order valence-electron chi connectivity index (χ4n) is 8.86. The molecule has 0 rings (SSSR count). The van der Waals surface area contributed by atoms with Gasteiger partial charge in [-0.05, 0) is 122 Å². The second-order valence-electron chi connectivity index (χ2n) is 22.9. The Balaban J connectivity index is 4.54. The molecule has 91 heavy (non-hydrogen) atoms. The number of esters is 3. The van der Waals surface area contributed by atoms with E-state index in [4.69, 9.17) is 32.3 Å². The average molecular weight is 1320 g/mol. The maximum Gasteiger partial charge on any atom is 0.472 e. The number of phosphoric ester groups is 2. The lowest BCUT2D eigenvalue weighted by Gasteiger charge is -2.21. The molecule has 0 aliphatic carbocycles. The summed E-state index contributed by atoms with van der Waals surface area (Å²) < 4.78 is 60.8. The number of rotatable bonds is 65. The fraction of sp³-hybridized carbons (Fsp3) is 0.685. The third kappa shape index (κ3) is 67.2.